The van der Waals surface area contributed by atoms with E-state index in [-0.39, 0.29) is 17.0 Å². The molecule has 6 nitrogen and oxygen atoms in total. The largest absolute Gasteiger partial charge is 0.493 e. The molecule has 0 saturated heterocycles. The molecule has 1 atom stereocenters. The van der Waals surface area contributed by atoms with Crippen molar-refractivity contribution >= 4 is 22.8 Å². The minimum atomic E-state index is -0.131. The van der Waals surface area contributed by atoms with Crippen LogP contribution in [0.3, 0.4) is 0 Å². The molecule has 0 radical (unpaired) electrons. The molecule has 2 aromatic heterocycles. The highest BCUT2D eigenvalue weighted by Crippen LogP contribution is 2.35. The van der Waals surface area contributed by atoms with Gasteiger partial charge in [0.15, 0.2) is 5.65 Å². The van der Waals surface area contributed by atoms with Gasteiger partial charge in [-0.2, -0.15) is 4.98 Å². The minimum Gasteiger partial charge on any atom is -0.493 e. The zero-order valence-electron chi connectivity index (χ0n) is 11.9. The van der Waals surface area contributed by atoms with Crippen LogP contribution in [0.4, 0.5) is 0 Å². The second-order valence-electron chi connectivity index (χ2n) is 5.25. The molecule has 22 heavy (non-hydrogen) atoms. The third-order valence-electron chi connectivity index (χ3n) is 4.04. The number of ether oxygens (including phenoxy) is 1. The van der Waals surface area contributed by atoms with Crippen LogP contribution in [0.2, 0.25) is 5.28 Å². The summed E-state index contributed by atoms with van der Waals surface area (Å²) in [5, 5.41) is 0.132. The number of aromatic nitrogens is 4. The Bertz CT molecular complexity index is 931. The lowest BCUT2D eigenvalue weighted by Crippen LogP contribution is -2.30. The van der Waals surface area contributed by atoms with Crippen LogP contribution in [0.1, 0.15) is 18.0 Å². The molecule has 4 rings (SSSR count). The summed E-state index contributed by atoms with van der Waals surface area (Å²) in [4.78, 5) is 20.9. The highest BCUT2D eigenvalue weighted by Gasteiger charge is 2.27. The van der Waals surface area contributed by atoms with Gasteiger partial charge >= 0.3 is 5.69 Å². The van der Waals surface area contributed by atoms with E-state index >= 15 is 0 Å². The van der Waals surface area contributed by atoms with E-state index in [1.807, 2.05) is 24.3 Å². The number of benzene rings is 1. The molecule has 1 aliphatic rings. The lowest BCUT2D eigenvalue weighted by molar-refractivity contribution is 0.256. The van der Waals surface area contributed by atoms with Gasteiger partial charge in [0, 0.05) is 19.0 Å². The summed E-state index contributed by atoms with van der Waals surface area (Å²) in [5.74, 6) is 0.808. The second-order valence-corrected chi connectivity index (χ2v) is 5.59. The molecule has 1 unspecified atom stereocenters. The van der Waals surface area contributed by atoms with Crippen LogP contribution in [0.25, 0.3) is 11.2 Å². The van der Waals surface area contributed by atoms with E-state index in [1.54, 1.807) is 22.4 Å². The lowest BCUT2D eigenvalue weighted by atomic mass is 10.0. The highest BCUT2D eigenvalue weighted by atomic mass is 35.5. The molecule has 0 bridgehead atoms. The second kappa shape index (κ2) is 4.84. The highest BCUT2D eigenvalue weighted by molar-refractivity contribution is 6.28. The maximum atomic E-state index is 12.7. The van der Waals surface area contributed by atoms with E-state index in [1.165, 1.54) is 0 Å². The fraction of sp³-hybridized carbons (Fsp3) is 0.267. The summed E-state index contributed by atoms with van der Waals surface area (Å²) >= 11 is 5.92. The van der Waals surface area contributed by atoms with Gasteiger partial charge in [0.1, 0.15) is 11.3 Å². The zero-order valence-corrected chi connectivity index (χ0v) is 12.6. The van der Waals surface area contributed by atoms with Crippen LogP contribution in [0.5, 0.6) is 5.75 Å². The molecular weight excluding hydrogens is 304 g/mol. The first-order valence-corrected chi connectivity index (χ1v) is 7.36. The molecule has 0 saturated carbocycles. The van der Waals surface area contributed by atoms with Crippen molar-refractivity contribution in [1.29, 1.82) is 0 Å². The number of imidazole rings is 1. The zero-order chi connectivity index (χ0) is 15.3. The van der Waals surface area contributed by atoms with E-state index in [2.05, 4.69) is 9.97 Å². The van der Waals surface area contributed by atoms with Crippen LogP contribution < -0.4 is 10.4 Å². The van der Waals surface area contributed by atoms with Gasteiger partial charge in [-0.25, -0.2) is 9.78 Å². The third-order valence-corrected chi connectivity index (χ3v) is 4.22. The average Bonchev–Trinajstić information content (AvgIpc) is 2.78. The normalized spacial score (nSPS) is 17.3. The predicted octanol–water partition coefficient (Wildman–Crippen LogP) is 2.16. The quantitative estimate of drug-likeness (QED) is 0.645. The molecule has 0 N–H and O–H groups in total. The van der Waals surface area contributed by atoms with E-state index in [4.69, 9.17) is 16.3 Å². The molecule has 0 aliphatic carbocycles. The first-order valence-electron chi connectivity index (χ1n) is 6.98. The van der Waals surface area contributed by atoms with Crippen LogP contribution in [0.15, 0.2) is 35.3 Å². The number of halogens is 1. The van der Waals surface area contributed by atoms with Crippen molar-refractivity contribution in [1.82, 2.24) is 19.1 Å². The van der Waals surface area contributed by atoms with E-state index < -0.39 is 0 Å². The van der Waals surface area contributed by atoms with Gasteiger partial charge in [-0.05, 0) is 17.7 Å². The molecule has 7 heteroatoms. The molecule has 1 aliphatic heterocycles. The van der Waals surface area contributed by atoms with Gasteiger partial charge < -0.3 is 4.74 Å². The Morgan fingerprint density at radius 1 is 1.36 bits per heavy atom. The van der Waals surface area contributed by atoms with Gasteiger partial charge in [-0.1, -0.05) is 18.2 Å². The molecular formula is C15H13ClN4O2. The maximum absolute atomic E-state index is 12.7. The molecule has 112 valence electrons. The standard InChI is InChI=1S/C15H13ClN4O2/c1-19-11-8-17-14(16)18-13(11)20(15(19)21)10-6-7-22-12-5-3-2-4-9(10)12/h2-5,8,10H,6-7H2,1H3. The molecule has 3 heterocycles. The minimum absolute atomic E-state index is 0.118. The smallest absolute Gasteiger partial charge is 0.330 e. The van der Waals surface area contributed by atoms with Gasteiger partial charge in [-0.3, -0.25) is 9.13 Å². The summed E-state index contributed by atoms with van der Waals surface area (Å²) < 4.78 is 8.91. The Morgan fingerprint density at radius 3 is 3.05 bits per heavy atom. The molecule has 0 spiro atoms. The number of nitrogens with zero attached hydrogens (tertiary/aromatic N) is 4. The molecule has 0 amide bonds. The monoisotopic (exact) mass is 316 g/mol. The summed E-state index contributed by atoms with van der Waals surface area (Å²) in [5.41, 5.74) is 2.07. The van der Waals surface area contributed by atoms with Gasteiger partial charge in [0.05, 0.1) is 18.8 Å². The Morgan fingerprint density at radius 2 is 2.18 bits per heavy atom. The summed E-state index contributed by atoms with van der Waals surface area (Å²) in [6.45, 7) is 0.559. The Balaban J connectivity index is 2.02. The summed E-state index contributed by atoms with van der Waals surface area (Å²) in [7, 11) is 1.71. The SMILES string of the molecule is Cn1c(=O)n(C2CCOc3ccccc32)c2nc(Cl)ncc21. The summed E-state index contributed by atoms with van der Waals surface area (Å²) in [6, 6.07) is 7.64. The fourth-order valence-corrected chi connectivity index (χ4v) is 3.12. The van der Waals surface area contributed by atoms with Crippen molar-refractivity contribution in [2.45, 2.75) is 12.5 Å². The number of hydrogen-bond acceptors (Lipinski definition) is 4. The van der Waals surface area contributed by atoms with Crippen LogP contribution in [0, 0.1) is 0 Å². The molecule has 0 fully saturated rings. The lowest BCUT2D eigenvalue weighted by Gasteiger charge is -2.26. The third kappa shape index (κ3) is 1.84. The Labute approximate surface area is 130 Å². The number of para-hydroxylation sites is 1. The fourth-order valence-electron chi connectivity index (χ4n) is 2.99. The van der Waals surface area contributed by atoms with Crippen molar-refractivity contribution in [3.05, 3.63) is 51.8 Å². The van der Waals surface area contributed by atoms with Gasteiger partial charge in [-0.15, -0.1) is 0 Å². The Hall–Kier alpha value is -2.34. The van der Waals surface area contributed by atoms with Crippen LogP contribution in [-0.2, 0) is 7.05 Å². The van der Waals surface area contributed by atoms with E-state index in [9.17, 15) is 4.79 Å². The van der Waals surface area contributed by atoms with Crippen molar-refractivity contribution in [2.24, 2.45) is 7.05 Å². The van der Waals surface area contributed by atoms with E-state index in [0.717, 1.165) is 11.3 Å². The number of fused-ring (bicyclic) bond motifs is 2. The van der Waals surface area contributed by atoms with Crippen molar-refractivity contribution in [2.75, 3.05) is 6.61 Å². The average molecular weight is 317 g/mol. The summed E-state index contributed by atoms with van der Waals surface area (Å²) in [6.07, 6.45) is 2.28. The predicted molar refractivity (Wildman–Crippen MR) is 82.5 cm³/mol. The maximum Gasteiger partial charge on any atom is 0.330 e. The number of hydrogen-bond donors (Lipinski definition) is 0. The van der Waals surface area contributed by atoms with Crippen molar-refractivity contribution < 1.29 is 4.74 Å². The molecule has 1 aromatic carbocycles. The topological polar surface area (TPSA) is 61.9 Å². The number of aryl methyl sites for hydroxylation is 1. The first kappa shape index (κ1) is 13.3. The van der Waals surface area contributed by atoms with Crippen molar-refractivity contribution in [3.63, 3.8) is 0 Å². The van der Waals surface area contributed by atoms with Gasteiger partial charge in [0.25, 0.3) is 0 Å². The van der Waals surface area contributed by atoms with Crippen LogP contribution in [-0.4, -0.2) is 25.7 Å². The van der Waals surface area contributed by atoms with Crippen molar-refractivity contribution in [3.8, 4) is 5.75 Å². The van der Waals surface area contributed by atoms with Crippen LogP contribution >= 0.6 is 11.6 Å². The first-order chi connectivity index (χ1) is 10.7. The molecule has 3 aromatic rings. The van der Waals surface area contributed by atoms with E-state index in [0.29, 0.717) is 24.2 Å². The van der Waals surface area contributed by atoms with Gasteiger partial charge in [0.2, 0.25) is 5.28 Å². The number of rotatable bonds is 1. The Kier molecular flexibility index (Phi) is 2.94.